The molecule has 0 fully saturated rings. The maximum absolute atomic E-state index is 13.0. The lowest BCUT2D eigenvalue weighted by molar-refractivity contribution is -0.384. The van der Waals surface area contributed by atoms with E-state index in [4.69, 9.17) is 14.0 Å². The number of aryl methyl sites for hydroxylation is 1. The quantitative estimate of drug-likeness (QED) is 0.314. The first-order valence-corrected chi connectivity index (χ1v) is 9.23. The maximum atomic E-state index is 13.0. The van der Waals surface area contributed by atoms with E-state index >= 15 is 0 Å². The van der Waals surface area contributed by atoms with E-state index in [0.29, 0.717) is 33.9 Å². The summed E-state index contributed by atoms with van der Waals surface area (Å²) >= 11 is 0. The standard InChI is InChI=1S/C20H22N4O6/c1-11-16(19-22-13(3)23-30-19)18(14-6-5-7-15(10-14)24(26)27)17(12(2)21-11)20(25)29-9-8-28-4/h5-7,10,18,21H,8-9H2,1-4H3. The lowest BCUT2D eigenvalue weighted by Crippen LogP contribution is -2.29. The van der Waals surface area contributed by atoms with Crippen LogP contribution in [-0.4, -0.2) is 41.4 Å². The van der Waals surface area contributed by atoms with Crippen molar-refractivity contribution >= 4 is 17.2 Å². The number of aromatic nitrogens is 2. The number of esters is 1. The molecule has 0 amide bonds. The third-order valence-corrected chi connectivity index (χ3v) is 4.67. The first-order chi connectivity index (χ1) is 14.3. The molecule has 0 aliphatic carbocycles. The molecular weight excluding hydrogens is 392 g/mol. The lowest BCUT2D eigenvalue weighted by atomic mass is 9.80. The number of carbonyl (C=O) groups excluding carboxylic acids is 1. The summed E-state index contributed by atoms with van der Waals surface area (Å²) in [6.07, 6.45) is 0. The van der Waals surface area contributed by atoms with Gasteiger partial charge in [-0.25, -0.2) is 4.79 Å². The van der Waals surface area contributed by atoms with E-state index in [9.17, 15) is 14.9 Å². The number of carbonyl (C=O) groups is 1. The molecule has 2 aromatic rings. The van der Waals surface area contributed by atoms with Gasteiger partial charge in [0.2, 0.25) is 0 Å². The molecule has 0 bridgehead atoms. The molecule has 158 valence electrons. The van der Waals surface area contributed by atoms with Crippen LogP contribution in [0.3, 0.4) is 0 Å². The molecule has 0 saturated carbocycles. The number of hydrogen-bond donors (Lipinski definition) is 1. The Labute approximate surface area is 172 Å². The van der Waals surface area contributed by atoms with E-state index < -0.39 is 16.8 Å². The van der Waals surface area contributed by atoms with Crippen LogP contribution in [0.4, 0.5) is 5.69 Å². The zero-order chi connectivity index (χ0) is 21.8. The van der Waals surface area contributed by atoms with Gasteiger partial charge < -0.3 is 19.3 Å². The number of nitro benzene ring substituents is 1. The van der Waals surface area contributed by atoms with Crippen molar-refractivity contribution in [1.82, 2.24) is 15.5 Å². The van der Waals surface area contributed by atoms with Crippen molar-refractivity contribution in [3.63, 3.8) is 0 Å². The predicted molar refractivity (Wildman–Crippen MR) is 106 cm³/mol. The molecule has 0 saturated heterocycles. The Hall–Kier alpha value is -3.53. The van der Waals surface area contributed by atoms with Crippen LogP contribution in [-0.2, 0) is 14.3 Å². The van der Waals surface area contributed by atoms with Gasteiger partial charge in [0, 0.05) is 36.2 Å². The van der Waals surface area contributed by atoms with Gasteiger partial charge in [-0.15, -0.1) is 0 Å². The van der Waals surface area contributed by atoms with Crippen LogP contribution in [0.2, 0.25) is 0 Å². The molecule has 1 aromatic heterocycles. The fourth-order valence-electron chi connectivity index (χ4n) is 3.40. The number of ether oxygens (including phenoxy) is 2. The fourth-order valence-corrected chi connectivity index (χ4v) is 3.40. The van der Waals surface area contributed by atoms with Gasteiger partial charge in [-0.3, -0.25) is 10.1 Å². The number of allylic oxidation sites excluding steroid dienone is 3. The van der Waals surface area contributed by atoms with Crippen LogP contribution in [0.5, 0.6) is 0 Å². The summed E-state index contributed by atoms with van der Waals surface area (Å²) in [4.78, 5) is 28.1. The molecule has 10 nitrogen and oxygen atoms in total. The summed E-state index contributed by atoms with van der Waals surface area (Å²) in [7, 11) is 1.51. The van der Waals surface area contributed by atoms with Crippen molar-refractivity contribution in [3.05, 3.63) is 68.6 Å². The Morgan fingerprint density at radius 3 is 2.67 bits per heavy atom. The third kappa shape index (κ3) is 4.23. The van der Waals surface area contributed by atoms with Crippen LogP contribution in [0.1, 0.15) is 37.0 Å². The Morgan fingerprint density at radius 2 is 2.03 bits per heavy atom. The molecule has 1 unspecified atom stereocenters. The highest BCUT2D eigenvalue weighted by Crippen LogP contribution is 2.43. The highest BCUT2D eigenvalue weighted by molar-refractivity contribution is 5.97. The molecule has 0 radical (unpaired) electrons. The summed E-state index contributed by atoms with van der Waals surface area (Å²) in [6, 6.07) is 6.12. The number of nitrogens with zero attached hydrogens (tertiary/aromatic N) is 3. The number of non-ortho nitro benzene ring substituents is 1. The highest BCUT2D eigenvalue weighted by Gasteiger charge is 2.37. The summed E-state index contributed by atoms with van der Waals surface area (Å²) in [6.45, 7) is 5.57. The number of nitro groups is 1. The second-order valence-corrected chi connectivity index (χ2v) is 6.76. The molecule has 2 heterocycles. The highest BCUT2D eigenvalue weighted by atomic mass is 16.6. The van der Waals surface area contributed by atoms with Crippen molar-refractivity contribution < 1.29 is 23.7 Å². The van der Waals surface area contributed by atoms with Crippen molar-refractivity contribution in [1.29, 1.82) is 0 Å². The first kappa shape index (κ1) is 21.2. The largest absolute Gasteiger partial charge is 0.460 e. The van der Waals surface area contributed by atoms with Crippen LogP contribution >= 0.6 is 0 Å². The van der Waals surface area contributed by atoms with Gasteiger partial charge in [0.25, 0.3) is 11.6 Å². The van der Waals surface area contributed by atoms with Crippen LogP contribution < -0.4 is 5.32 Å². The monoisotopic (exact) mass is 414 g/mol. The number of hydrogen-bond acceptors (Lipinski definition) is 9. The Morgan fingerprint density at radius 1 is 1.27 bits per heavy atom. The Bertz CT molecular complexity index is 1040. The summed E-state index contributed by atoms with van der Waals surface area (Å²) < 4.78 is 15.7. The van der Waals surface area contributed by atoms with Gasteiger partial charge in [0.05, 0.1) is 23.0 Å². The number of dihydropyridines is 1. The third-order valence-electron chi connectivity index (χ3n) is 4.67. The van der Waals surface area contributed by atoms with Gasteiger partial charge in [-0.2, -0.15) is 4.98 Å². The Kier molecular flexibility index (Phi) is 6.26. The van der Waals surface area contributed by atoms with Crippen molar-refractivity contribution in [2.75, 3.05) is 20.3 Å². The van der Waals surface area contributed by atoms with E-state index in [-0.39, 0.29) is 24.8 Å². The van der Waals surface area contributed by atoms with E-state index in [1.165, 1.54) is 19.2 Å². The first-order valence-electron chi connectivity index (χ1n) is 9.23. The molecule has 3 rings (SSSR count). The molecule has 1 aromatic carbocycles. The van der Waals surface area contributed by atoms with Gasteiger partial charge in [-0.1, -0.05) is 17.3 Å². The Balaban J connectivity index is 2.15. The number of methoxy groups -OCH3 is 1. The van der Waals surface area contributed by atoms with Gasteiger partial charge in [0.15, 0.2) is 5.82 Å². The van der Waals surface area contributed by atoms with E-state index in [0.717, 1.165) is 0 Å². The van der Waals surface area contributed by atoms with Gasteiger partial charge >= 0.3 is 5.97 Å². The molecule has 1 atom stereocenters. The zero-order valence-electron chi connectivity index (χ0n) is 17.1. The minimum absolute atomic E-state index is 0.0749. The minimum atomic E-state index is -0.693. The van der Waals surface area contributed by atoms with Gasteiger partial charge in [-0.05, 0) is 26.3 Å². The summed E-state index contributed by atoms with van der Waals surface area (Å²) in [5, 5.41) is 18.3. The van der Waals surface area contributed by atoms with E-state index in [2.05, 4.69) is 15.5 Å². The molecule has 30 heavy (non-hydrogen) atoms. The number of rotatable bonds is 7. The normalized spacial score (nSPS) is 16.5. The topological polar surface area (TPSA) is 130 Å². The second-order valence-electron chi connectivity index (χ2n) is 6.76. The molecular formula is C20H22N4O6. The SMILES string of the molecule is COCCOC(=O)C1=C(C)NC(C)=C(c2nc(C)no2)C1c1cccc([N+](=O)[O-])c1. The fraction of sp³-hybridized carbons (Fsp3) is 0.350. The smallest absolute Gasteiger partial charge is 0.336 e. The molecule has 0 spiro atoms. The van der Waals surface area contributed by atoms with Crippen LogP contribution in [0.15, 0.2) is 45.8 Å². The number of nitrogens with one attached hydrogen (secondary N) is 1. The van der Waals surface area contributed by atoms with Crippen molar-refractivity contribution in [2.45, 2.75) is 26.7 Å². The van der Waals surface area contributed by atoms with E-state index in [1.54, 1.807) is 26.0 Å². The van der Waals surface area contributed by atoms with Crippen LogP contribution in [0, 0.1) is 17.0 Å². The van der Waals surface area contributed by atoms with Crippen molar-refractivity contribution in [2.24, 2.45) is 0 Å². The van der Waals surface area contributed by atoms with Crippen LogP contribution in [0.25, 0.3) is 5.57 Å². The maximum Gasteiger partial charge on any atom is 0.336 e. The molecule has 10 heteroatoms. The zero-order valence-corrected chi connectivity index (χ0v) is 17.1. The average Bonchev–Trinajstić information content (AvgIpc) is 3.13. The summed E-state index contributed by atoms with van der Waals surface area (Å²) in [5.41, 5.74) is 2.58. The second kappa shape index (κ2) is 8.87. The number of benzene rings is 1. The average molecular weight is 414 g/mol. The van der Waals surface area contributed by atoms with Crippen molar-refractivity contribution in [3.8, 4) is 0 Å². The predicted octanol–water partition coefficient (Wildman–Crippen LogP) is 2.87. The molecule has 1 N–H and O–H groups in total. The van der Waals surface area contributed by atoms with Gasteiger partial charge in [0.1, 0.15) is 6.61 Å². The summed E-state index contributed by atoms with van der Waals surface area (Å²) in [5.74, 6) is -0.599. The lowest BCUT2D eigenvalue weighted by Gasteiger charge is -2.30. The molecule has 1 aliphatic rings. The minimum Gasteiger partial charge on any atom is -0.460 e. The molecule has 1 aliphatic heterocycles. The van der Waals surface area contributed by atoms with E-state index in [1.807, 2.05) is 6.92 Å².